The molecule has 3 fully saturated rings. The zero-order valence-corrected chi connectivity index (χ0v) is 14.3. The average Bonchev–Trinajstić information content (AvgIpc) is 2.86. The van der Waals surface area contributed by atoms with E-state index in [0.29, 0.717) is 23.5 Å². The van der Waals surface area contributed by atoms with Gasteiger partial charge in [-0.15, -0.1) is 0 Å². The van der Waals surface area contributed by atoms with Gasteiger partial charge in [0, 0.05) is 11.5 Å². The van der Waals surface area contributed by atoms with E-state index in [2.05, 4.69) is 25.0 Å². The van der Waals surface area contributed by atoms with Gasteiger partial charge in [0.05, 0.1) is 6.33 Å². The predicted molar refractivity (Wildman–Crippen MR) is 88.5 cm³/mol. The van der Waals surface area contributed by atoms with Crippen LogP contribution in [0.5, 0.6) is 0 Å². The lowest BCUT2D eigenvalue weighted by Gasteiger charge is -2.25. The number of nitrogens with two attached hydrogens (primary N) is 1. The lowest BCUT2D eigenvalue weighted by atomic mass is 10.1. The highest BCUT2D eigenvalue weighted by Gasteiger charge is 2.73. The van der Waals surface area contributed by atoms with E-state index in [1.807, 2.05) is 18.4 Å². The Bertz CT molecular complexity index is 938. The van der Waals surface area contributed by atoms with Crippen LogP contribution in [0.3, 0.4) is 0 Å². The summed E-state index contributed by atoms with van der Waals surface area (Å²) in [6.45, 7) is 4.14. The molecule has 1 saturated carbocycles. The number of aromatic nitrogens is 4. The number of rotatable bonds is 3. The molecule has 5 atom stereocenters. The van der Waals surface area contributed by atoms with Crippen LogP contribution < -0.4 is 5.73 Å². The molecule has 2 aromatic rings. The molecule has 5 rings (SSSR count). The molecule has 3 aliphatic rings. The van der Waals surface area contributed by atoms with E-state index in [0.717, 1.165) is 6.42 Å². The van der Waals surface area contributed by atoms with Gasteiger partial charge in [0.15, 0.2) is 23.5 Å². The first-order valence-corrected chi connectivity index (χ1v) is 8.42. The van der Waals surface area contributed by atoms with E-state index in [1.165, 1.54) is 6.33 Å². The van der Waals surface area contributed by atoms with Crippen molar-refractivity contribution in [3.63, 3.8) is 0 Å². The normalized spacial score (nSPS) is 37.0. The van der Waals surface area contributed by atoms with Gasteiger partial charge in [0.2, 0.25) is 0 Å². The maximum absolute atomic E-state index is 8.61. The summed E-state index contributed by atoms with van der Waals surface area (Å²) in [5.74, 6) is -0.308. The van der Waals surface area contributed by atoms with E-state index >= 15 is 0 Å². The first-order chi connectivity index (χ1) is 12.5. The van der Waals surface area contributed by atoms with Gasteiger partial charge in [0.25, 0.3) is 0 Å². The summed E-state index contributed by atoms with van der Waals surface area (Å²) >= 11 is 0. The van der Waals surface area contributed by atoms with Gasteiger partial charge >= 0.3 is 0 Å². The molecular weight excluding hydrogens is 340 g/mol. The number of fused-ring (bicyclic) bond motifs is 3. The van der Waals surface area contributed by atoms with Crippen molar-refractivity contribution in [1.29, 1.82) is 0 Å². The molecule has 136 valence electrons. The Hall–Kier alpha value is -2.46. The molecule has 11 heteroatoms. The summed E-state index contributed by atoms with van der Waals surface area (Å²) in [7, 11) is 0. The summed E-state index contributed by atoms with van der Waals surface area (Å²) < 4.78 is 20.5. The van der Waals surface area contributed by atoms with Crippen molar-refractivity contribution in [1.82, 2.24) is 19.5 Å². The Labute approximate surface area is 148 Å². The van der Waals surface area contributed by atoms with Crippen LogP contribution in [0.1, 0.15) is 26.5 Å². The molecule has 1 spiro atoms. The van der Waals surface area contributed by atoms with Gasteiger partial charge in [-0.2, -0.15) is 0 Å². The predicted octanol–water partition coefficient (Wildman–Crippen LogP) is 1.53. The number of hydrogen-bond donors (Lipinski definition) is 1. The van der Waals surface area contributed by atoms with Crippen LogP contribution in [0.15, 0.2) is 17.8 Å². The van der Waals surface area contributed by atoms with Crippen LogP contribution >= 0.6 is 0 Å². The summed E-state index contributed by atoms with van der Waals surface area (Å²) in [5, 5.41) is 3.70. The van der Waals surface area contributed by atoms with Gasteiger partial charge in [-0.1, -0.05) is 5.11 Å². The van der Waals surface area contributed by atoms with Crippen LogP contribution in [0.4, 0.5) is 5.82 Å². The molecule has 11 nitrogen and oxygen atoms in total. The largest absolute Gasteiger partial charge is 0.382 e. The zero-order chi connectivity index (χ0) is 18.1. The number of azide groups is 1. The molecule has 2 aliphatic heterocycles. The standard InChI is InChI=1S/C15H18N8O3/c1-14(2)24-9-10(25-14)15(3-7(15)4-21-22-17)26-13(9)23-6-20-8-11(16)18-5-19-12(8)23/h5-7,9-10,13H,3-4H2,1-2H3,(H2,16,18,19)/t7-,9-,10?,13?,15+/m0/s1. The van der Waals surface area contributed by atoms with Crippen molar-refractivity contribution in [2.45, 2.75) is 50.1 Å². The molecule has 2 saturated heterocycles. The molecule has 4 heterocycles. The molecule has 26 heavy (non-hydrogen) atoms. The molecule has 2 aromatic heterocycles. The Balaban J connectivity index is 1.55. The maximum atomic E-state index is 8.61. The fourth-order valence-corrected chi connectivity index (χ4v) is 4.18. The molecule has 0 radical (unpaired) electrons. The lowest BCUT2D eigenvalue weighted by molar-refractivity contribution is -0.203. The number of nitrogen functional groups attached to an aromatic ring is 1. The van der Waals surface area contributed by atoms with Crippen LogP contribution in [0.25, 0.3) is 21.6 Å². The van der Waals surface area contributed by atoms with Crippen molar-refractivity contribution in [2.75, 3.05) is 12.3 Å². The van der Waals surface area contributed by atoms with E-state index in [9.17, 15) is 0 Å². The fourth-order valence-electron chi connectivity index (χ4n) is 4.18. The summed E-state index contributed by atoms with van der Waals surface area (Å²) in [4.78, 5) is 15.4. The first kappa shape index (κ1) is 15.8. The zero-order valence-electron chi connectivity index (χ0n) is 14.3. The quantitative estimate of drug-likeness (QED) is 0.497. The minimum absolute atomic E-state index is 0.0999. The Morgan fingerprint density at radius 3 is 3.00 bits per heavy atom. The van der Waals surface area contributed by atoms with E-state index in [1.54, 1.807) is 6.33 Å². The number of hydrogen-bond acceptors (Lipinski definition) is 8. The van der Waals surface area contributed by atoms with E-state index in [4.69, 9.17) is 25.5 Å². The van der Waals surface area contributed by atoms with Gasteiger partial charge < -0.3 is 19.9 Å². The summed E-state index contributed by atoms with van der Waals surface area (Å²) in [5.41, 5.74) is 15.1. The average molecular weight is 358 g/mol. The number of nitrogens with zero attached hydrogens (tertiary/aromatic N) is 7. The molecule has 0 bridgehead atoms. The van der Waals surface area contributed by atoms with E-state index < -0.39 is 17.6 Å². The van der Waals surface area contributed by atoms with Crippen LogP contribution in [-0.2, 0) is 14.2 Å². The van der Waals surface area contributed by atoms with Crippen LogP contribution in [-0.4, -0.2) is 49.7 Å². The fraction of sp³-hybridized carbons (Fsp3) is 0.667. The minimum atomic E-state index is -0.722. The smallest absolute Gasteiger partial charge is 0.167 e. The molecule has 1 aliphatic carbocycles. The highest BCUT2D eigenvalue weighted by atomic mass is 16.8. The lowest BCUT2D eigenvalue weighted by Crippen LogP contribution is -2.33. The Morgan fingerprint density at radius 1 is 1.35 bits per heavy atom. The highest BCUT2D eigenvalue weighted by molar-refractivity contribution is 5.81. The topological polar surface area (TPSA) is 146 Å². The number of anilines is 1. The molecule has 0 amide bonds. The second-order valence-corrected chi connectivity index (χ2v) is 7.38. The molecule has 2 N–H and O–H groups in total. The second-order valence-electron chi connectivity index (χ2n) is 7.38. The van der Waals surface area contributed by atoms with Gasteiger partial charge in [-0.05, 0) is 31.7 Å². The van der Waals surface area contributed by atoms with Gasteiger partial charge in [-0.25, -0.2) is 15.0 Å². The minimum Gasteiger partial charge on any atom is -0.382 e. The maximum Gasteiger partial charge on any atom is 0.167 e. The van der Waals surface area contributed by atoms with Crippen molar-refractivity contribution in [3.05, 3.63) is 23.1 Å². The third-order valence-corrected chi connectivity index (χ3v) is 5.35. The number of ether oxygens (including phenoxy) is 3. The summed E-state index contributed by atoms with van der Waals surface area (Å²) in [6.07, 6.45) is 2.75. The van der Waals surface area contributed by atoms with E-state index in [-0.39, 0.29) is 18.1 Å². The Morgan fingerprint density at radius 2 is 2.19 bits per heavy atom. The van der Waals surface area contributed by atoms with Gasteiger partial charge in [-0.3, -0.25) is 4.57 Å². The van der Waals surface area contributed by atoms with Crippen LogP contribution in [0.2, 0.25) is 0 Å². The van der Waals surface area contributed by atoms with Crippen LogP contribution in [0, 0.1) is 5.92 Å². The molecular formula is C15H18N8O3. The monoisotopic (exact) mass is 358 g/mol. The third-order valence-electron chi connectivity index (χ3n) is 5.35. The molecule has 0 aromatic carbocycles. The highest BCUT2D eigenvalue weighted by Crippen LogP contribution is 2.62. The molecule has 2 unspecified atom stereocenters. The van der Waals surface area contributed by atoms with Crippen molar-refractivity contribution in [3.8, 4) is 0 Å². The third kappa shape index (κ3) is 2.05. The SMILES string of the molecule is CC1(C)OC2[C@H](O1)C(n1cnc3c(N)ncnc31)O[C@@]21C[C@H]1CN=[N+]=[N-]. The van der Waals surface area contributed by atoms with Gasteiger partial charge in [0.1, 0.15) is 29.7 Å². The Kier molecular flexibility index (Phi) is 3.06. The van der Waals surface area contributed by atoms with Crippen molar-refractivity contribution >= 4 is 17.0 Å². The van der Waals surface area contributed by atoms with Crippen molar-refractivity contribution in [2.24, 2.45) is 11.0 Å². The van der Waals surface area contributed by atoms with Crippen molar-refractivity contribution < 1.29 is 14.2 Å². The number of imidazole rings is 1. The summed E-state index contributed by atoms with van der Waals surface area (Å²) in [6, 6.07) is 0. The first-order valence-electron chi connectivity index (χ1n) is 8.42. The second kappa shape index (κ2) is 5.04.